The third-order valence-electron chi connectivity index (χ3n) is 2.27. The summed E-state index contributed by atoms with van der Waals surface area (Å²) in [5.41, 5.74) is 4.36. The van der Waals surface area contributed by atoms with Crippen molar-refractivity contribution in [2.24, 2.45) is 0 Å². The van der Waals surface area contributed by atoms with Crippen LogP contribution in [0.1, 0.15) is 0 Å². The van der Waals surface area contributed by atoms with Crippen LogP contribution in [-0.4, -0.2) is 40.3 Å². The van der Waals surface area contributed by atoms with Gasteiger partial charge in [0, 0.05) is 12.8 Å². The van der Waals surface area contributed by atoms with Crippen molar-refractivity contribution in [3.8, 4) is 0 Å². The van der Waals surface area contributed by atoms with Crippen molar-refractivity contribution in [2.75, 3.05) is 24.3 Å². The van der Waals surface area contributed by atoms with Gasteiger partial charge in [0.2, 0.25) is 10.0 Å². The molecule has 0 radical (unpaired) electrons. The van der Waals surface area contributed by atoms with Gasteiger partial charge in [0.05, 0.1) is 10.7 Å². The van der Waals surface area contributed by atoms with Crippen LogP contribution in [0.15, 0.2) is 23.1 Å². The van der Waals surface area contributed by atoms with Crippen LogP contribution in [0.25, 0.3) is 0 Å². The van der Waals surface area contributed by atoms with Gasteiger partial charge in [0.25, 0.3) is 0 Å². The molecule has 112 valence electrons. The van der Waals surface area contributed by atoms with Gasteiger partial charge in [-0.3, -0.25) is 10.1 Å². The van der Waals surface area contributed by atoms with E-state index in [1.54, 1.807) is 0 Å². The maximum Gasteiger partial charge on any atom is 0.312 e. The highest BCUT2D eigenvalue weighted by molar-refractivity contribution is 7.91. The Balaban J connectivity index is 3.11. The number of nitrogens with zero attached hydrogens (tertiary/aromatic N) is 1. The summed E-state index contributed by atoms with van der Waals surface area (Å²) in [5, 5.41) is 10.9. The van der Waals surface area contributed by atoms with Gasteiger partial charge in [-0.25, -0.2) is 21.6 Å². The first-order valence-electron chi connectivity index (χ1n) is 5.25. The fourth-order valence-electron chi connectivity index (χ4n) is 1.39. The highest BCUT2D eigenvalue weighted by Crippen LogP contribution is 2.29. The molecule has 0 atom stereocenters. The first kappa shape index (κ1) is 16.3. The second-order valence-corrected chi connectivity index (χ2v) is 7.97. The Labute approximate surface area is 115 Å². The van der Waals surface area contributed by atoms with Crippen LogP contribution in [0.4, 0.5) is 11.4 Å². The minimum atomic E-state index is -4.22. The van der Waals surface area contributed by atoms with E-state index in [0.717, 1.165) is 12.3 Å². The van der Waals surface area contributed by atoms with Gasteiger partial charge >= 0.3 is 5.69 Å². The Morgan fingerprint density at radius 3 is 2.40 bits per heavy atom. The number of nitrogen functional groups attached to an aromatic ring is 1. The number of rotatable bonds is 6. The molecular weight excluding hydrogens is 310 g/mol. The molecule has 0 fully saturated rings. The minimum absolute atomic E-state index is 0.291. The lowest BCUT2D eigenvalue weighted by molar-refractivity contribution is -0.386. The maximum atomic E-state index is 11.9. The summed E-state index contributed by atoms with van der Waals surface area (Å²) >= 11 is 0. The molecule has 0 heterocycles. The van der Waals surface area contributed by atoms with Crippen LogP contribution in [0.3, 0.4) is 0 Å². The Morgan fingerprint density at radius 1 is 1.30 bits per heavy atom. The maximum absolute atomic E-state index is 11.9. The summed E-state index contributed by atoms with van der Waals surface area (Å²) in [7, 11) is -7.57. The van der Waals surface area contributed by atoms with E-state index in [9.17, 15) is 26.9 Å². The predicted octanol–water partition coefficient (Wildman–Crippen LogP) is -0.500. The first-order valence-corrected chi connectivity index (χ1v) is 8.79. The largest absolute Gasteiger partial charge is 0.393 e. The number of nitro benzene ring substituents is 1. The van der Waals surface area contributed by atoms with Gasteiger partial charge in [0.1, 0.15) is 15.5 Å². The molecule has 1 aromatic rings. The molecule has 0 aliphatic rings. The molecule has 1 rings (SSSR count). The molecule has 3 N–H and O–H groups in total. The minimum Gasteiger partial charge on any atom is -0.393 e. The summed E-state index contributed by atoms with van der Waals surface area (Å²) < 4.78 is 47.7. The van der Waals surface area contributed by atoms with Crippen molar-refractivity contribution in [1.29, 1.82) is 0 Å². The van der Waals surface area contributed by atoms with Crippen LogP contribution < -0.4 is 10.5 Å². The van der Waals surface area contributed by atoms with E-state index >= 15 is 0 Å². The van der Waals surface area contributed by atoms with E-state index in [1.807, 2.05) is 4.72 Å². The summed E-state index contributed by atoms with van der Waals surface area (Å²) in [6.07, 6.45) is 0.949. The highest BCUT2D eigenvalue weighted by atomic mass is 32.2. The van der Waals surface area contributed by atoms with E-state index in [0.29, 0.717) is 0 Å². The summed E-state index contributed by atoms with van der Waals surface area (Å²) in [5.74, 6) is -0.414. The SMILES string of the molecule is CS(=O)(=O)CCNS(=O)(=O)c1cccc(N)c1[N+](=O)[O-]. The molecule has 0 bridgehead atoms. The molecule has 1 aromatic carbocycles. The molecule has 9 nitrogen and oxygen atoms in total. The molecule has 0 saturated carbocycles. The standard InChI is InChI=1S/C9H13N3O6S2/c1-19(15,16)6-5-11-20(17,18)8-4-2-3-7(10)9(8)12(13)14/h2-4,11H,5-6,10H2,1H3. The molecule has 0 aliphatic heterocycles. The molecule has 20 heavy (non-hydrogen) atoms. The third kappa shape index (κ3) is 4.15. The van der Waals surface area contributed by atoms with E-state index in [-0.39, 0.29) is 12.2 Å². The number of para-hydroxylation sites is 1. The number of nitrogens with one attached hydrogen (secondary N) is 1. The average molecular weight is 323 g/mol. The number of hydrogen-bond donors (Lipinski definition) is 2. The number of sulfonamides is 1. The molecular formula is C9H13N3O6S2. The predicted molar refractivity (Wildman–Crippen MR) is 72.4 cm³/mol. The summed E-state index contributed by atoms with van der Waals surface area (Å²) in [6, 6.07) is 3.48. The number of nitrogens with two attached hydrogens (primary N) is 1. The molecule has 0 spiro atoms. The summed E-state index contributed by atoms with van der Waals surface area (Å²) in [6.45, 7) is -0.382. The zero-order valence-corrected chi connectivity index (χ0v) is 12.1. The first-order chi connectivity index (χ1) is 9.04. The lowest BCUT2D eigenvalue weighted by atomic mass is 10.3. The lowest BCUT2D eigenvalue weighted by Gasteiger charge is -2.07. The molecule has 0 unspecified atom stereocenters. The van der Waals surface area contributed by atoms with Crippen LogP contribution in [0.2, 0.25) is 0 Å². The Morgan fingerprint density at radius 2 is 1.90 bits per heavy atom. The van der Waals surface area contributed by atoms with Crippen LogP contribution in [0.5, 0.6) is 0 Å². The zero-order chi connectivity index (χ0) is 15.6. The lowest BCUT2D eigenvalue weighted by Crippen LogP contribution is -2.29. The van der Waals surface area contributed by atoms with Gasteiger partial charge < -0.3 is 5.73 Å². The van der Waals surface area contributed by atoms with Crippen molar-refractivity contribution in [2.45, 2.75) is 4.90 Å². The average Bonchev–Trinajstić information content (AvgIpc) is 2.25. The van der Waals surface area contributed by atoms with Crippen molar-refractivity contribution in [3.05, 3.63) is 28.3 Å². The number of sulfone groups is 1. The van der Waals surface area contributed by atoms with Gasteiger partial charge in [-0.1, -0.05) is 6.07 Å². The Hall–Kier alpha value is -1.72. The van der Waals surface area contributed by atoms with Crippen molar-refractivity contribution in [3.63, 3.8) is 0 Å². The zero-order valence-electron chi connectivity index (χ0n) is 10.4. The second-order valence-electron chi connectivity index (χ2n) is 3.98. The molecule has 0 aliphatic carbocycles. The molecule has 0 amide bonds. The molecule has 0 saturated heterocycles. The van der Waals surface area contributed by atoms with E-state index in [1.165, 1.54) is 12.1 Å². The third-order valence-corrected chi connectivity index (χ3v) is 4.71. The van der Waals surface area contributed by atoms with E-state index in [4.69, 9.17) is 5.73 Å². The van der Waals surface area contributed by atoms with E-state index in [2.05, 4.69) is 0 Å². The van der Waals surface area contributed by atoms with Gasteiger partial charge in [-0.05, 0) is 12.1 Å². The smallest absolute Gasteiger partial charge is 0.312 e. The summed E-state index contributed by atoms with van der Waals surface area (Å²) in [4.78, 5) is 9.36. The monoisotopic (exact) mass is 323 g/mol. The highest BCUT2D eigenvalue weighted by Gasteiger charge is 2.27. The van der Waals surface area contributed by atoms with Gasteiger partial charge in [0.15, 0.2) is 4.90 Å². The fraction of sp³-hybridized carbons (Fsp3) is 0.333. The van der Waals surface area contributed by atoms with Crippen molar-refractivity contribution < 1.29 is 21.8 Å². The number of anilines is 1. The van der Waals surface area contributed by atoms with Crippen molar-refractivity contribution >= 4 is 31.2 Å². The Kier molecular flexibility index (Phi) is 4.68. The molecule has 0 aromatic heterocycles. The van der Waals surface area contributed by atoms with Crippen molar-refractivity contribution in [1.82, 2.24) is 4.72 Å². The van der Waals surface area contributed by atoms with Gasteiger partial charge in [-0.15, -0.1) is 0 Å². The fourth-order valence-corrected chi connectivity index (χ4v) is 3.22. The van der Waals surface area contributed by atoms with E-state index < -0.39 is 41.1 Å². The number of benzene rings is 1. The second kappa shape index (κ2) is 5.73. The molecule has 11 heteroatoms. The Bertz CT molecular complexity index is 726. The van der Waals surface area contributed by atoms with Crippen LogP contribution in [-0.2, 0) is 19.9 Å². The number of nitro groups is 1. The normalized spacial score (nSPS) is 12.2. The topological polar surface area (TPSA) is 149 Å². The number of hydrogen-bond acceptors (Lipinski definition) is 7. The van der Waals surface area contributed by atoms with Gasteiger partial charge in [-0.2, -0.15) is 0 Å². The van der Waals surface area contributed by atoms with Crippen LogP contribution >= 0.6 is 0 Å². The quantitative estimate of drug-likeness (QED) is 0.407. The van der Waals surface area contributed by atoms with Crippen LogP contribution in [0, 0.1) is 10.1 Å².